The molecule has 1 aliphatic rings. The van der Waals surface area contributed by atoms with Crippen molar-refractivity contribution in [2.24, 2.45) is 0 Å². The molecule has 22 heavy (non-hydrogen) atoms. The summed E-state index contributed by atoms with van der Waals surface area (Å²) in [5, 5.41) is 0. The summed E-state index contributed by atoms with van der Waals surface area (Å²) in [6, 6.07) is 6.81. The third kappa shape index (κ3) is 3.31. The lowest BCUT2D eigenvalue weighted by Gasteiger charge is -2.33. The molecule has 0 aliphatic carbocycles. The van der Waals surface area contributed by atoms with Crippen molar-refractivity contribution in [1.29, 1.82) is 0 Å². The van der Waals surface area contributed by atoms with Crippen LogP contribution in [0.3, 0.4) is 0 Å². The van der Waals surface area contributed by atoms with E-state index < -0.39 is 0 Å². The Kier molecular flexibility index (Phi) is 4.74. The van der Waals surface area contributed by atoms with Crippen molar-refractivity contribution >= 4 is 15.9 Å². The molecule has 1 aromatic heterocycles. The average Bonchev–Trinajstić information content (AvgIpc) is 2.54. The molecule has 2 aromatic rings. The lowest BCUT2D eigenvalue weighted by atomic mass is 9.98. The normalized spacial score (nSPS) is 16.1. The molecule has 0 spiro atoms. The Morgan fingerprint density at radius 2 is 2.14 bits per heavy atom. The molecule has 0 saturated heterocycles. The molecule has 3 rings (SSSR count). The minimum atomic E-state index is 0.246. The van der Waals surface area contributed by atoms with Gasteiger partial charge in [0.2, 0.25) is 5.88 Å². The van der Waals surface area contributed by atoms with E-state index in [9.17, 15) is 0 Å². The summed E-state index contributed by atoms with van der Waals surface area (Å²) >= 11 is 3.56. The Bertz CT molecular complexity index is 645. The molecule has 0 N–H and O–H groups in total. The number of fused-ring (bicyclic) bond motifs is 1. The largest absolute Gasteiger partial charge is 0.477 e. The highest BCUT2D eigenvalue weighted by molar-refractivity contribution is 9.10. The predicted molar refractivity (Wildman–Crippen MR) is 89.9 cm³/mol. The number of hydrogen-bond acceptors (Lipinski definition) is 4. The fourth-order valence-corrected chi connectivity index (χ4v) is 3.24. The molecule has 4 nitrogen and oxygen atoms in total. The molecule has 0 radical (unpaired) electrons. The van der Waals surface area contributed by atoms with Gasteiger partial charge >= 0.3 is 0 Å². The highest BCUT2D eigenvalue weighted by atomic mass is 79.9. The Balaban J connectivity index is 1.74. The second kappa shape index (κ2) is 6.75. The highest BCUT2D eigenvalue weighted by Crippen LogP contribution is 2.28. The van der Waals surface area contributed by atoms with Crippen molar-refractivity contribution in [1.82, 2.24) is 14.9 Å². The maximum Gasteiger partial charge on any atom is 0.232 e. The molecule has 5 heteroatoms. The van der Waals surface area contributed by atoms with Crippen LogP contribution in [-0.2, 0) is 13.0 Å². The van der Waals surface area contributed by atoms with Gasteiger partial charge in [0.1, 0.15) is 0 Å². The Labute approximate surface area is 139 Å². The third-order valence-corrected chi connectivity index (χ3v) is 4.62. The molecule has 0 fully saturated rings. The van der Waals surface area contributed by atoms with Crippen LogP contribution in [0.15, 0.2) is 35.1 Å². The molecule has 0 saturated carbocycles. The zero-order valence-corrected chi connectivity index (χ0v) is 14.5. The van der Waals surface area contributed by atoms with Crippen molar-refractivity contribution in [3.63, 3.8) is 0 Å². The molecule has 0 bridgehead atoms. The first-order chi connectivity index (χ1) is 10.7. The number of benzene rings is 1. The molecular weight excluding hydrogens is 342 g/mol. The van der Waals surface area contributed by atoms with E-state index in [2.05, 4.69) is 55.9 Å². The van der Waals surface area contributed by atoms with E-state index in [1.54, 1.807) is 6.20 Å². The van der Waals surface area contributed by atoms with Crippen LogP contribution >= 0.6 is 15.9 Å². The summed E-state index contributed by atoms with van der Waals surface area (Å²) in [5.74, 6) is 0.589. The van der Waals surface area contributed by atoms with Gasteiger partial charge in [0.25, 0.3) is 0 Å². The summed E-state index contributed by atoms with van der Waals surface area (Å²) in [6.45, 7) is 6.74. The first kappa shape index (κ1) is 15.4. The number of nitrogens with zero attached hydrogens (tertiary/aromatic N) is 3. The fourth-order valence-electron chi connectivity index (χ4n) is 2.83. The first-order valence-corrected chi connectivity index (χ1v) is 8.42. The summed E-state index contributed by atoms with van der Waals surface area (Å²) in [5.41, 5.74) is 3.83. The second-order valence-corrected chi connectivity index (χ2v) is 6.44. The van der Waals surface area contributed by atoms with Gasteiger partial charge in [-0.1, -0.05) is 22.0 Å². The molecule has 0 unspecified atom stereocenters. The van der Waals surface area contributed by atoms with Crippen LogP contribution in [0.5, 0.6) is 5.88 Å². The zero-order valence-electron chi connectivity index (χ0n) is 12.9. The zero-order chi connectivity index (χ0) is 15.5. The lowest BCUT2D eigenvalue weighted by Crippen LogP contribution is -2.33. The SMILES string of the molecule is CCOc1cnc([C@@H](C)N2CCc3ccc(Br)cc3C2)cn1. The van der Waals surface area contributed by atoms with Crippen LogP contribution in [0.25, 0.3) is 0 Å². The summed E-state index contributed by atoms with van der Waals surface area (Å²) in [7, 11) is 0. The van der Waals surface area contributed by atoms with Crippen molar-refractivity contribution in [2.75, 3.05) is 13.2 Å². The van der Waals surface area contributed by atoms with Gasteiger partial charge in [0.15, 0.2) is 0 Å². The van der Waals surface area contributed by atoms with Crippen LogP contribution in [0.4, 0.5) is 0 Å². The number of ether oxygens (including phenoxy) is 1. The molecule has 0 amide bonds. The topological polar surface area (TPSA) is 38.2 Å². The predicted octanol–water partition coefficient (Wildman–Crippen LogP) is 3.76. The number of hydrogen-bond donors (Lipinski definition) is 0. The van der Waals surface area contributed by atoms with Gasteiger partial charge in [-0.2, -0.15) is 0 Å². The second-order valence-electron chi connectivity index (χ2n) is 5.52. The number of halogens is 1. The molecule has 1 atom stereocenters. The van der Waals surface area contributed by atoms with E-state index in [1.807, 2.05) is 13.1 Å². The van der Waals surface area contributed by atoms with E-state index in [0.717, 1.165) is 29.7 Å². The fraction of sp³-hybridized carbons (Fsp3) is 0.412. The third-order valence-electron chi connectivity index (χ3n) is 4.13. The van der Waals surface area contributed by atoms with Gasteiger partial charge in [-0.15, -0.1) is 0 Å². The van der Waals surface area contributed by atoms with Gasteiger partial charge in [0, 0.05) is 17.6 Å². The molecule has 1 aromatic carbocycles. The van der Waals surface area contributed by atoms with Gasteiger partial charge in [-0.3, -0.25) is 9.88 Å². The van der Waals surface area contributed by atoms with Gasteiger partial charge < -0.3 is 4.74 Å². The van der Waals surface area contributed by atoms with E-state index in [-0.39, 0.29) is 6.04 Å². The lowest BCUT2D eigenvalue weighted by molar-refractivity contribution is 0.188. The van der Waals surface area contributed by atoms with Crippen molar-refractivity contribution in [2.45, 2.75) is 32.9 Å². The number of aromatic nitrogens is 2. The van der Waals surface area contributed by atoms with Crippen LogP contribution in [-0.4, -0.2) is 28.0 Å². The van der Waals surface area contributed by atoms with E-state index in [0.29, 0.717) is 12.5 Å². The summed E-state index contributed by atoms with van der Waals surface area (Å²) in [4.78, 5) is 11.3. The summed E-state index contributed by atoms with van der Waals surface area (Å²) in [6.07, 6.45) is 4.62. The Morgan fingerprint density at radius 1 is 1.27 bits per heavy atom. The van der Waals surface area contributed by atoms with Gasteiger partial charge in [0.05, 0.1) is 30.7 Å². The minimum absolute atomic E-state index is 0.246. The highest BCUT2D eigenvalue weighted by Gasteiger charge is 2.22. The van der Waals surface area contributed by atoms with Crippen LogP contribution in [0, 0.1) is 0 Å². The maximum absolute atomic E-state index is 5.35. The van der Waals surface area contributed by atoms with E-state index in [4.69, 9.17) is 4.74 Å². The summed E-state index contributed by atoms with van der Waals surface area (Å²) < 4.78 is 6.49. The standard InChI is InChI=1S/C17H20BrN3O/c1-3-22-17-10-19-16(9-20-17)12(2)21-7-6-13-4-5-15(18)8-14(13)11-21/h4-5,8-10,12H,3,6-7,11H2,1-2H3/t12-/m1/s1. The van der Waals surface area contributed by atoms with E-state index >= 15 is 0 Å². The Morgan fingerprint density at radius 3 is 2.86 bits per heavy atom. The van der Waals surface area contributed by atoms with Crippen molar-refractivity contribution < 1.29 is 4.74 Å². The quantitative estimate of drug-likeness (QED) is 0.830. The molecule has 1 aliphatic heterocycles. The van der Waals surface area contributed by atoms with Gasteiger partial charge in [-0.05, 0) is 43.5 Å². The molecule has 116 valence electrons. The molecule has 2 heterocycles. The van der Waals surface area contributed by atoms with Crippen LogP contribution in [0.2, 0.25) is 0 Å². The van der Waals surface area contributed by atoms with Crippen LogP contribution < -0.4 is 4.74 Å². The van der Waals surface area contributed by atoms with Crippen molar-refractivity contribution in [3.05, 3.63) is 51.9 Å². The Hall–Kier alpha value is -1.46. The average molecular weight is 362 g/mol. The minimum Gasteiger partial charge on any atom is -0.477 e. The first-order valence-electron chi connectivity index (χ1n) is 7.63. The smallest absolute Gasteiger partial charge is 0.232 e. The van der Waals surface area contributed by atoms with E-state index in [1.165, 1.54) is 11.1 Å². The monoisotopic (exact) mass is 361 g/mol. The number of rotatable bonds is 4. The van der Waals surface area contributed by atoms with Crippen LogP contribution in [0.1, 0.15) is 36.7 Å². The maximum atomic E-state index is 5.35. The van der Waals surface area contributed by atoms with Gasteiger partial charge in [-0.25, -0.2) is 4.98 Å². The molecular formula is C17H20BrN3O. The van der Waals surface area contributed by atoms with Crippen molar-refractivity contribution in [3.8, 4) is 5.88 Å².